The van der Waals surface area contributed by atoms with Crippen molar-refractivity contribution < 1.29 is 4.79 Å². The highest BCUT2D eigenvalue weighted by molar-refractivity contribution is 5.79. The Balaban J connectivity index is 2.00. The molecule has 18 heavy (non-hydrogen) atoms. The van der Waals surface area contributed by atoms with Crippen LogP contribution in [0.15, 0.2) is 18.3 Å². The number of aromatic nitrogens is 1. The second-order valence-electron chi connectivity index (χ2n) is 5.00. The topological polar surface area (TPSA) is 59.2 Å². The maximum atomic E-state index is 12.3. The smallest absolute Gasteiger partial charge is 0.227 e. The molecule has 0 bridgehead atoms. The lowest BCUT2D eigenvalue weighted by atomic mass is 10.0. The summed E-state index contributed by atoms with van der Waals surface area (Å²) in [7, 11) is 0. The van der Waals surface area contributed by atoms with Crippen LogP contribution >= 0.6 is 0 Å². The van der Waals surface area contributed by atoms with E-state index in [2.05, 4.69) is 4.98 Å². The van der Waals surface area contributed by atoms with Gasteiger partial charge in [-0.1, -0.05) is 6.07 Å². The lowest BCUT2D eigenvalue weighted by Gasteiger charge is -2.21. The number of carbonyl (C=O) groups is 1. The van der Waals surface area contributed by atoms with Gasteiger partial charge in [0.05, 0.1) is 5.92 Å². The van der Waals surface area contributed by atoms with Crippen LogP contribution in [-0.4, -0.2) is 35.4 Å². The van der Waals surface area contributed by atoms with E-state index >= 15 is 0 Å². The first-order chi connectivity index (χ1) is 8.70. The molecule has 1 aliphatic rings. The van der Waals surface area contributed by atoms with Crippen molar-refractivity contribution in [3.63, 3.8) is 0 Å². The van der Waals surface area contributed by atoms with Gasteiger partial charge in [0, 0.05) is 37.9 Å². The summed E-state index contributed by atoms with van der Waals surface area (Å²) in [6.45, 7) is 4.17. The Morgan fingerprint density at radius 3 is 2.72 bits per heavy atom. The van der Waals surface area contributed by atoms with Crippen molar-refractivity contribution in [3.05, 3.63) is 29.6 Å². The minimum absolute atomic E-state index is 0.127. The minimum Gasteiger partial charge on any atom is -0.342 e. The predicted molar refractivity (Wildman–Crippen MR) is 71.0 cm³/mol. The van der Waals surface area contributed by atoms with E-state index in [9.17, 15) is 4.79 Å². The fourth-order valence-electron chi connectivity index (χ4n) is 2.34. The molecule has 4 heteroatoms. The highest BCUT2D eigenvalue weighted by Crippen LogP contribution is 2.15. The van der Waals surface area contributed by atoms with Crippen molar-refractivity contribution in [2.75, 3.05) is 19.6 Å². The molecular formula is C14H21N3O. The van der Waals surface area contributed by atoms with Crippen LogP contribution in [-0.2, 0) is 11.2 Å². The Morgan fingerprint density at radius 2 is 2.17 bits per heavy atom. The molecule has 0 aromatic carbocycles. The van der Waals surface area contributed by atoms with Crippen LogP contribution in [0.1, 0.15) is 24.1 Å². The molecule has 4 nitrogen and oxygen atoms in total. The molecule has 1 saturated heterocycles. The molecule has 2 heterocycles. The molecule has 0 saturated carbocycles. The zero-order chi connectivity index (χ0) is 13.0. The Hall–Kier alpha value is -1.42. The standard InChI is InChI=1S/C14H21N3O/c1-11-4-5-13(16-10-11)8-12(9-15)14(18)17-6-2-3-7-17/h4-5,10,12H,2-3,6-9,15H2,1H3. The Morgan fingerprint density at radius 1 is 1.44 bits per heavy atom. The van der Waals surface area contributed by atoms with Gasteiger partial charge < -0.3 is 10.6 Å². The van der Waals surface area contributed by atoms with Crippen molar-refractivity contribution in [2.45, 2.75) is 26.2 Å². The van der Waals surface area contributed by atoms with Gasteiger partial charge in [-0.25, -0.2) is 0 Å². The van der Waals surface area contributed by atoms with Gasteiger partial charge >= 0.3 is 0 Å². The van der Waals surface area contributed by atoms with E-state index < -0.39 is 0 Å². The summed E-state index contributed by atoms with van der Waals surface area (Å²) >= 11 is 0. The zero-order valence-electron chi connectivity index (χ0n) is 10.9. The normalized spacial score (nSPS) is 16.9. The molecule has 1 aliphatic heterocycles. The highest BCUT2D eigenvalue weighted by atomic mass is 16.2. The summed E-state index contributed by atoms with van der Waals surface area (Å²) in [5, 5.41) is 0. The number of aryl methyl sites for hydroxylation is 1. The molecule has 0 radical (unpaired) electrons. The summed E-state index contributed by atoms with van der Waals surface area (Å²) in [5.41, 5.74) is 7.82. The van der Waals surface area contributed by atoms with Gasteiger partial charge in [-0.2, -0.15) is 0 Å². The summed E-state index contributed by atoms with van der Waals surface area (Å²) in [6, 6.07) is 4.01. The predicted octanol–water partition coefficient (Wildman–Crippen LogP) is 1.13. The van der Waals surface area contributed by atoms with Gasteiger partial charge in [-0.3, -0.25) is 9.78 Å². The summed E-state index contributed by atoms with van der Waals surface area (Å²) < 4.78 is 0. The van der Waals surface area contributed by atoms with Gasteiger partial charge in [0.15, 0.2) is 0 Å². The first kappa shape index (κ1) is 13.0. The third-order valence-corrected chi connectivity index (χ3v) is 3.48. The number of amides is 1. The first-order valence-corrected chi connectivity index (χ1v) is 6.61. The van der Waals surface area contributed by atoms with E-state index in [1.165, 1.54) is 0 Å². The maximum Gasteiger partial charge on any atom is 0.227 e. The van der Waals surface area contributed by atoms with Gasteiger partial charge in [0.1, 0.15) is 0 Å². The van der Waals surface area contributed by atoms with E-state index in [0.29, 0.717) is 13.0 Å². The number of hydrogen-bond acceptors (Lipinski definition) is 3. The molecule has 1 atom stereocenters. The van der Waals surface area contributed by atoms with Crippen molar-refractivity contribution in [1.82, 2.24) is 9.88 Å². The van der Waals surface area contributed by atoms with Crippen molar-refractivity contribution >= 4 is 5.91 Å². The summed E-state index contributed by atoms with van der Waals surface area (Å²) in [4.78, 5) is 18.6. The number of rotatable bonds is 4. The molecule has 0 aliphatic carbocycles. The number of hydrogen-bond donors (Lipinski definition) is 1. The Bertz CT molecular complexity index is 396. The number of likely N-dealkylation sites (tertiary alicyclic amines) is 1. The molecule has 98 valence electrons. The summed E-state index contributed by atoms with van der Waals surface area (Å²) in [5.74, 6) is 0.0654. The Kier molecular flexibility index (Phi) is 4.31. The average Bonchev–Trinajstić information content (AvgIpc) is 2.91. The summed E-state index contributed by atoms with van der Waals surface area (Å²) in [6.07, 6.45) is 4.72. The fraction of sp³-hybridized carbons (Fsp3) is 0.571. The van der Waals surface area contributed by atoms with Crippen LogP contribution in [0.2, 0.25) is 0 Å². The number of nitrogens with zero attached hydrogens (tertiary/aromatic N) is 2. The molecule has 1 fully saturated rings. The molecule has 2 N–H and O–H groups in total. The van der Waals surface area contributed by atoms with Crippen LogP contribution < -0.4 is 5.73 Å². The number of carbonyl (C=O) groups excluding carboxylic acids is 1. The first-order valence-electron chi connectivity index (χ1n) is 6.61. The lowest BCUT2D eigenvalue weighted by molar-refractivity contribution is -0.134. The second-order valence-corrected chi connectivity index (χ2v) is 5.00. The van der Waals surface area contributed by atoms with E-state index in [1.807, 2.05) is 30.2 Å². The molecule has 0 spiro atoms. The van der Waals surface area contributed by atoms with Crippen LogP contribution in [0.3, 0.4) is 0 Å². The number of pyridine rings is 1. The van der Waals surface area contributed by atoms with E-state index in [-0.39, 0.29) is 11.8 Å². The average molecular weight is 247 g/mol. The van der Waals surface area contributed by atoms with E-state index in [4.69, 9.17) is 5.73 Å². The third kappa shape index (κ3) is 3.07. The highest BCUT2D eigenvalue weighted by Gasteiger charge is 2.25. The molecule has 2 rings (SSSR count). The largest absolute Gasteiger partial charge is 0.342 e. The van der Waals surface area contributed by atoms with Crippen LogP contribution in [0, 0.1) is 12.8 Å². The van der Waals surface area contributed by atoms with Crippen LogP contribution in [0.5, 0.6) is 0 Å². The molecule has 1 aromatic rings. The Labute approximate surface area is 108 Å². The fourth-order valence-corrected chi connectivity index (χ4v) is 2.34. The zero-order valence-corrected chi connectivity index (χ0v) is 10.9. The molecule has 1 unspecified atom stereocenters. The molecule has 1 aromatic heterocycles. The third-order valence-electron chi connectivity index (χ3n) is 3.48. The van der Waals surface area contributed by atoms with Gasteiger partial charge in [-0.05, 0) is 31.4 Å². The molecule has 1 amide bonds. The van der Waals surface area contributed by atoms with Crippen LogP contribution in [0.4, 0.5) is 0 Å². The van der Waals surface area contributed by atoms with E-state index in [1.54, 1.807) is 0 Å². The number of nitrogens with two attached hydrogens (primary N) is 1. The quantitative estimate of drug-likeness (QED) is 0.867. The monoisotopic (exact) mass is 247 g/mol. The molecular weight excluding hydrogens is 226 g/mol. The van der Waals surface area contributed by atoms with Crippen LogP contribution in [0.25, 0.3) is 0 Å². The van der Waals surface area contributed by atoms with Crippen molar-refractivity contribution in [2.24, 2.45) is 11.7 Å². The van der Waals surface area contributed by atoms with Crippen molar-refractivity contribution in [3.8, 4) is 0 Å². The maximum absolute atomic E-state index is 12.3. The van der Waals surface area contributed by atoms with Crippen molar-refractivity contribution in [1.29, 1.82) is 0 Å². The minimum atomic E-state index is -0.127. The van der Waals surface area contributed by atoms with Gasteiger partial charge in [-0.15, -0.1) is 0 Å². The van der Waals surface area contributed by atoms with Gasteiger partial charge in [0.25, 0.3) is 0 Å². The van der Waals surface area contributed by atoms with E-state index in [0.717, 1.165) is 37.2 Å². The lowest BCUT2D eigenvalue weighted by Crippen LogP contribution is -2.38. The second kappa shape index (κ2) is 5.96. The van der Waals surface area contributed by atoms with Gasteiger partial charge in [0.2, 0.25) is 5.91 Å². The SMILES string of the molecule is Cc1ccc(CC(CN)C(=O)N2CCCC2)nc1.